The molecule has 0 bridgehead atoms. The van der Waals surface area contributed by atoms with Gasteiger partial charge >= 0.3 is 0 Å². The summed E-state index contributed by atoms with van der Waals surface area (Å²) in [5.74, 6) is 0.274. The quantitative estimate of drug-likeness (QED) is 0.686. The summed E-state index contributed by atoms with van der Waals surface area (Å²) < 4.78 is 0. The van der Waals surface area contributed by atoms with Crippen molar-refractivity contribution < 1.29 is 0 Å². The average molecular weight is 222 g/mol. The van der Waals surface area contributed by atoms with Crippen molar-refractivity contribution in [2.45, 2.75) is 0 Å². The van der Waals surface area contributed by atoms with Gasteiger partial charge in [-0.2, -0.15) is 0 Å². The maximum Gasteiger partial charge on any atom is 0.220 e. The van der Waals surface area contributed by atoms with E-state index in [1.54, 1.807) is 12.4 Å². The largest absolute Gasteiger partial charge is 0.368 e. The van der Waals surface area contributed by atoms with Gasteiger partial charge in [-0.25, -0.2) is 9.97 Å². The smallest absolute Gasteiger partial charge is 0.220 e. The van der Waals surface area contributed by atoms with Crippen LogP contribution in [-0.2, 0) is 0 Å². The Morgan fingerprint density at radius 2 is 1.76 bits per heavy atom. The van der Waals surface area contributed by atoms with Gasteiger partial charge in [-0.15, -0.1) is 0 Å². The molecule has 4 heteroatoms. The van der Waals surface area contributed by atoms with Crippen molar-refractivity contribution in [3.63, 3.8) is 0 Å². The Morgan fingerprint density at radius 1 is 0.882 bits per heavy atom. The van der Waals surface area contributed by atoms with Crippen LogP contribution in [0.25, 0.3) is 22.2 Å². The molecule has 2 N–H and O–H groups in total. The van der Waals surface area contributed by atoms with E-state index in [1.165, 1.54) is 0 Å². The highest BCUT2D eigenvalue weighted by Crippen LogP contribution is 2.25. The third-order valence-corrected chi connectivity index (χ3v) is 2.58. The minimum Gasteiger partial charge on any atom is -0.368 e. The van der Waals surface area contributed by atoms with E-state index >= 15 is 0 Å². The molecule has 0 unspecified atom stereocenters. The van der Waals surface area contributed by atoms with E-state index in [-0.39, 0.29) is 5.95 Å². The van der Waals surface area contributed by atoms with Crippen LogP contribution in [0.4, 0.5) is 5.95 Å². The van der Waals surface area contributed by atoms with Crippen molar-refractivity contribution in [2.24, 2.45) is 0 Å². The fourth-order valence-corrected chi connectivity index (χ4v) is 1.83. The molecule has 2 heterocycles. The van der Waals surface area contributed by atoms with Crippen molar-refractivity contribution >= 4 is 16.9 Å². The van der Waals surface area contributed by atoms with Crippen molar-refractivity contribution in [2.75, 3.05) is 5.73 Å². The van der Waals surface area contributed by atoms with E-state index < -0.39 is 0 Å². The lowest BCUT2D eigenvalue weighted by Crippen LogP contribution is -1.95. The Kier molecular flexibility index (Phi) is 2.19. The highest BCUT2D eigenvalue weighted by Gasteiger charge is 2.05. The summed E-state index contributed by atoms with van der Waals surface area (Å²) in [5, 5.41) is 1.09. The fourth-order valence-electron chi connectivity index (χ4n) is 1.83. The van der Waals surface area contributed by atoms with E-state index in [4.69, 9.17) is 5.73 Å². The van der Waals surface area contributed by atoms with Crippen LogP contribution < -0.4 is 5.73 Å². The van der Waals surface area contributed by atoms with Crippen LogP contribution in [0.1, 0.15) is 0 Å². The molecule has 0 radical (unpaired) electrons. The van der Waals surface area contributed by atoms with Gasteiger partial charge in [0.2, 0.25) is 5.95 Å². The number of para-hydroxylation sites is 1. The second kappa shape index (κ2) is 3.83. The van der Waals surface area contributed by atoms with Gasteiger partial charge in [-0.05, 0) is 12.1 Å². The molecule has 3 aromatic rings. The van der Waals surface area contributed by atoms with Gasteiger partial charge < -0.3 is 5.73 Å². The first-order valence-electron chi connectivity index (χ1n) is 5.27. The summed E-state index contributed by atoms with van der Waals surface area (Å²) in [6, 6.07) is 11.8. The molecule has 0 saturated heterocycles. The van der Waals surface area contributed by atoms with Gasteiger partial charge in [0.1, 0.15) is 0 Å². The van der Waals surface area contributed by atoms with Crippen molar-refractivity contribution in [3.8, 4) is 11.3 Å². The van der Waals surface area contributed by atoms with Crippen molar-refractivity contribution in [1.29, 1.82) is 0 Å². The number of pyridine rings is 1. The number of aromatic nitrogens is 3. The van der Waals surface area contributed by atoms with Gasteiger partial charge in [-0.1, -0.05) is 24.3 Å². The topological polar surface area (TPSA) is 64.7 Å². The lowest BCUT2D eigenvalue weighted by molar-refractivity contribution is 1.19. The Hall–Kier alpha value is -2.49. The van der Waals surface area contributed by atoms with E-state index in [2.05, 4.69) is 15.0 Å². The van der Waals surface area contributed by atoms with Crippen LogP contribution in [0.15, 0.2) is 48.8 Å². The molecule has 17 heavy (non-hydrogen) atoms. The summed E-state index contributed by atoms with van der Waals surface area (Å²) >= 11 is 0. The molecular weight excluding hydrogens is 212 g/mol. The molecule has 4 nitrogen and oxygen atoms in total. The molecule has 82 valence electrons. The Morgan fingerprint density at radius 3 is 2.65 bits per heavy atom. The highest BCUT2D eigenvalue weighted by atomic mass is 15.0. The molecule has 0 fully saturated rings. The maximum atomic E-state index is 5.60. The molecular formula is C13H10N4. The molecule has 0 spiro atoms. The Labute approximate surface area is 98.2 Å². The summed E-state index contributed by atoms with van der Waals surface area (Å²) in [7, 11) is 0. The Bertz CT molecular complexity index is 674. The zero-order chi connectivity index (χ0) is 11.7. The van der Waals surface area contributed by atoms with Crippen LogP contribution in [0.5, 0.6) is 0 Å². The van der Waals surface area contributed by atoms with Crippen LogP contribution in [0.3, 0.4) is 0 Å². The monoisotopic (exact) mass is 222 g/mol. The molecule has 1 aromatic carbocycles. The normalized spacial score (nSPS) is 10.6. The van der Waals surface area contributed by atoms with Gasteiger partial charge in [0, 0.05) is 23.3 Å². The first-order chi connectivity index (χ1) is 8.34. The predicted molar refractivity (Wildman–Crippen MR) is 67.2 cm³/mol. The zero-order valence-corrected chi connectivity index (χ0v) is 9.04. The number of anilines is 1. The summed E-state index contributed by atoms with van der Waals surface area (Å²) in [6.45, 7) is 0. The lowest BCUT2D eigenvalue weighted by atomic mass is 10.1. The van der Waals surface area contributed by atoms with Gasteiger partial charge in [0.05, 0.1) is 11.2 Å². The minimum absolute atomic E-state index is 0.274. The minimum atomic E-state index is 0.274. The SMILES string of the molecule is Nc1nccc(-c2cccc3cccnc23)n1. The fraction of sp³-hybridized carbons (Fsp3) is 0. The number of nitrogen functional groups attached to an aromatic ring is 1. The van der Waals surface area contributed by atoms with E-state index in [0.29, 0.717) is 0 Å². The molecule has 0 aliphatic heterocycles. The molecule has 0 amide bonds. The standard InChI is InChI=1S/C13H10N4/c14-13-16-8-6-11(17-13)10-5-1-3-9-4-2-7-15-12(9)10/h1-8H,(H2,14,16,17). The summed E-state index contributed by atoms with van der Waals surface area (Å²) in [5.41, 5.74) is 8.28. The number of nitrogens with two attached hydrogens (primary N) is 1. The van der Waals surface area contributed by atoms with Crippen LogP contribution in [-0.4, -0.2) is 15.0 Å². The van der Waals surface area contributed by atoms with Crippen LogP contribution >= 0.6 is 0 Å². The molecule has 2 aromatic heterocycles. The highest BCUT2D eigenvalue weighted by molar-refractivity contribution is 5.92. The molecule has 3 rings (SSSR count). The van der Waals surface area contributed by atoms with E-state index in [0.717, 1.165) is 22.2 Å². The third-order valence-electron chi connectivity index (χ3n) is 2.58. The van der Waals surface area contributed by atoms with Gasteiger partial charge in [-0.3, -0.25) is 4.98 Å². The number of fused-ring (bicyclic) bond motifs is 1. The zero-order valence-electron chi connectivity index (χ0n) is 9.04. The number of hydrogen-bond donors (Lipinski definition) is 1. The Balaban J connectivity index is 2.30. The summed E-state index contributed by atoms with van der Waals surface area (Å²) in [4.78, 5) is 12.5. The predicted octanol–water partition coefficient (Wildman–Crippen LogP) is 2.27. The van der Waals surface area contributed by atoms with Crippen molar-refractivity contribution in [1.82, 2.24) is 15.0 Å². The number of hydrogen-bond acceptors (Lipinski definition) is 4. The maximum absolute atomic E-state index is 5.60. The third kappa shape index (κ3) is 1.69. The first-order valence-corrected chi connectivity index (χ1v) is 5.27. The van der Waals surface area contributed by atoms with E-state index in [9.17, 15) is 0 Å². The number of benzene rings is 1. The lowest BCUT2D eigenvalue weighted by Gasteiger charge is -2.04. The molecule has 0 atom stereocenters. The average Bonchev–Trinajstić information content (AvgIpc) is 2.38. The summed E-state index contributed by atoms with van der Waals surface area (Å²) in [6.07, 6.45) is 3.43. The molecule has 0 aliphatic carbocycles. The van der Waals surface area contributed by atoms with E-state index in [1.807, 2.05) is 36.4 Å². The van der Waals surface area contributed by atoms with Gasteiger partial charge in [0.25, 0.3) is 0 Å². The number of nitrogens with zero attached hydrogens (tertiary/aromatic N) is 3. The van der Waals surface area contributed by atoms with Gasteiger partial charge in [0.15, 0.2) is 0 Å². The molecule has 0 saturated carbocycles. The molecule has 0 aliphatic rings. The van der Waals surface area contributed by atoms with Crippen molar-refractivity contribution in [3.05, 3.63) is 48.8 Å². The van der Waals surface area contributed by atoms with Crippen LogP contribution in [0, 0.1) is 0 Å². The first kappa shape index (κ1) is 9.72. The second-order valence-corrected chi connectivity index (χ2v) is 3.68. The second-order valence-electron chi connectivity index (χ2n) is 3.68. The van der Waals surface area contributed by atoms with Crippen LogP contribution in [0.2, 0.25) is 0 Å². The number of rotatable bonds is 1.